The summed E-state index contributed by atoms with van der Waals surface area (Å²) in [5.74, 6) is 1.53. The van der Waals surface area contributed by atoms with Crippen molar-refractivity contribution in [2.45, 2.75) is 57.3 Å². The van der Waals surface area contributed by atoms with E-state index in [2.05, 4.69) is 30.0 Å². The number of ether oxygens (including phenoxy) is 3. The Labute approximate surface area is 176 Å². The molecule has 1 aromatic carbocycles. The predicted molar refractivity (Wildman–Crippen MR) is 117 cm³/mol. The Kier molecular flexibility index (Phi) is 10.8. The molecule has 6 nitrogen and oxygen atoms in total. The average molecular weight is 409 g/mol. The molecule has 1 atom stereocenters. The topological polar surface area (TPSA) is 54.4 Å². The van der Waals surface area contributed by atoms with Crippen LogP contribution in [0.3, 0.4) is 0 Å². The highest BCUT2D eigenvalue weighted by atomic mass is 16.5. The Morgan fingerprint density at radius 2 is 1.86 bits per heavy atom. The molecule has 1 aromatic rings. The molecule has 0 bridgehead atoms. The fourth-order valence-electron chi connectivity index (χ4n) is 3.76. The van der Waals surface area contributed by atoms with E-state index in [1.54, 1.807) is 7.11 Å². The van der Waals surface area contributed by atoms with E-state index in [0.29, 0.717) is 25.9 Å². The van der Waals surface area contributed by atoms with Crippen molar-refractivity contribution in [1.82, 2.24) is 9.80 Å². The Morgan fingerprint density at radius 3 is 2.55 bits per heavy atom. The molecular formula is C23H40N2O4. The van der Waals surface area contributed by atoms with Crippen LogP contribution in [0.25, 0.3) is 0 Å². The highest BCUT2D eigenvalue weighted by Gasteiger charge is 2.17. The lowest BCUT2D eigenvalue weighted by atomic mass is 9.98. The summed E-state index contributed by atoms with van der Waals surface area (Å²) >= 11 is 0. The van der Waals surface area contributed by atoms with Crippen LogP contribution in [0.1, 0.15) is 44.1 Å². The van der Waals surface area contributed by atoms with E-state index in [1.807, 2.05) is 19.2 Å². The number of aliphatic hydroxyl groups excluding tert-OH is 1. The number of hydrogen-bond donors (Lipinski definition) is 1. The highest BCUT2D eigenvalue weighted by molar-refractivity contribution is 5.42. The molecule has 0 spiro atoms. The van der Waals surface area contributed by atoms with Crippen molar-refractivity contribution in [3.63, 3.8) is 0 Å². The number of benzene rings is 1. The van der Waals surface area contributed by atoms with Gasteiger partial charge in [-0.2, -0.15) is 0 Å². The third kappa shape index (κ3) is 9.34. The SMILES string of the molecule is COc1cc(CN(C)C[C@H](O)COC2CCCCC2)ccc1OCCCN(C)C. The third-order valence-corrected chi connectivity index (χ3v) is 5.29. The molecule has 0 radical (unpaired) electrons. The monoisotopic (exact) mass is 408 g/mol. The second kappa shape index (κ2) is 13.1. The summed E-state index contributed by atoms with van der Waals surface area (Å²) in [6.07, 6.45) is 6.91. The van der Waals surface area contributed by atoms with Crippen molar-refractivity contribution in [1.29, 1.82) is 0 Å². The van der Waals surface area contributed by atoms with Crippen LogP contribution in [0.2, 0.25) is 0 Å². The van der Waals surface area contributed by atoms with E-state index in [0.717, 1.165) is 49.4 Å². The van der Waals surface area contributed by atoms with E-state index >= 15 is 0 Å². The van der Waals surface area contributed by atoms with Gasteiger partial charge in [0.05, 0.1) is 32.5 Å². The van der Waals surface area contributed by atoms with Crippen LogP contribution in [0.4, 0.5) is 0 Å². The van der Waals surface area contributed by atoms with Crippen molar-refractivity contribution in [2.24, 2.45) is 0 Å². The van der Waals surface area contributed by atoms with E-state index in [4.69, 9.17) is 14.2 Å². The van der Waals surface area contributed by atoms with Gasteiger partial charge < -0.3 is 24.2 Å². The van der Waals surface area contributed by atoms with Crippen molar-refractivity contribution in [3.8, 4) is 11.5 Å². The molecule has 1 aliphatic rings. The van der Waals surface area contributed by atoms with Crippen molar-refractivity contribution < 1.29 is 19.3 Å². The van der Waals surface area contributed by atoms with Gasteiger partial charge in [0.2, 0.25) is 0 Å². The lowest BCUT2D eigenvalue weighted by Crippen LogP contribution is -2.33. The van der Waals surface area contributed by atoms with Crippen LogP contribution < -0.4 is 9.47 Å². The molecule has 1 N–H and O–H groups in total. The molecule has 29 heavy (non-hydrogen) atoms. The number of nitrogens with zero attached hydrogens (tertiary/aromatic N) is 2. The van der Waals surface area contributed by atoms with Crippen molar-refractivity contribution in [2.75, 3.05) is 54.6 Å². The molecule has 2 rings (SSSR count). The number of rotatable bonds is 13. The van der Waals surface area contributed by atoms with Gasteiger partial charge in [-0.3, -0.25) is 4.90 Å². The molecule has 0 aliphatic heterocycles. The first kappa shape index (κ1) is 23.9. The van der Waals surface area contributed by atoms with Gasteiger partial charge >= 0.3 is 0 Å². The highest BCUT2D eigenvalue weighted by Crippen LogP contribution is 2.28. The summed E-state index contributed by atoms with van der Waals surface area (Å²) in [6.45, 7) is 3.40. The largest absolute Gasteiger partial charge is 0.493 e. The molecule has 0 amide bonds. The van der Waals surface area contributed by atoms with Crippen LogP contribution in [-0.2, 0) is 11.3 Å². The standard InChI is InChI=1S/C23H40N2O4/c1-24(2)13-8-14-28-22-12-11-19(15-23(22)27-4)16-25(3)17-20(26)18-29-21-9-6-5-7-10-21/h11-12,15,20-21,26H,5-10,13-14,16-18H2,1-4H3/t20-/m0/s1. The maximum absolute atomic E-state index is 10.3. The summed E-state index contributed by atoms with van der Waals surface area (Å²) in [6, 6.07) is 6.05. The minimum atomic E-state index is -0.469. The summed E-state index contributed by atoms with van der Waals surface area (Å²) < 4.78 is 17.3. The summed E-state index contributed by atoms with van der Waals surface area (Å²) in [4.78, 5) is 4.26. The fourth-order valence-corrected chi connectivity index (χ4v) is 3.76. The third-order valence-electron chi connectivity index (χ3n) is 5.29. The lowest BCUT2D eigenvalue weighted by molar-refractivity contribution is -0.0319. The number of hydrogen-bond acceptors (Lipinski definition) is 6. The summed E-state index contributed by atoms with van der Waals surface area (Å²) in [5.41, 5.74) is 1.13. The first-order valence-electron chi connectivity index (χ1n) is 10.9. The molecule has 6 heteroatoms. The van der Waals surface area contributed by atoms with Gasteiger partial charge in [0.25, 0.3) is 0 Å². The minimum Gasteiger partial charge on any atom is -0.493 e. The van der Waals surface area contributed by atoms with E-state index in [1.165, 1.54) is 19.3 Å². The Morgan fingerprint density at radius 1 is 1.10 bits per heavy atom. The normalized spacial score (nSPS) is 16.4. The van der Waals surface area contributed by atoms with Crippen LogP contribution in [0, 0.1) is 0 Å². The van der Waals surface area contributed by atoms with Crippen LogP contribution in [0.5, 0.6) is 11.5 Å². The Bertz CT molecular complexity index is 576. The van der Waals surface area contributed by atoms with Gasteiger partial charge in [0.15, 0.2) is 11.5 Å². The Balaban J connectivity index is 1.75. The number of aliphatic hydroxyl groups is 1. The van der Waals surface area contributed by atoms with Gasteiger partial charge in [-0.25, -0.2) is 0 Å². The lowest BCUT2D eigenvalue weighted by Gasteiger charge is -2.25. The molecular weight excluding hydrogens is 368 g/mol. The molecule has 1 aliphatic carbocycles. The van der Waals surface area contributed by atoms with Gasteiger partial charge in [-0.15, -0.1) is 0 Å². The fraction of sp³-hybridized carbons (Fsp3) is 0.739. The molecule has 1 fully saturated rings. The van der Waals surface area contributed by atoms with Gasteiger partial charge in [-0.1, -0.05) is 25.3 Å². The molecule has 0 saturated heterocycles. The van der Waals surface area contributed by atoms with Crippen LogP contribution >= 0.6 is 0 Å². The average Bonchev–Trinajstić information content (AvgIpc) is 2.71. The van der Waals surface area contributed by atoms with Crippen molar-refractivity contribution >= 4 is 0 Å². The summed E-state index contributed by atoms with van der Waals surface area (Å²) in [5, 5.41) is 10.3. The first-order chi connectivity index (χ1) is 14.0. The van der Waals surface area contributed by atoms with E-state index in [9.17, 15) is 5.11 Å². The van der Waals surface area contributed by atoms with Gasteiger partial charge in [-0.05, 0) is 58.1 Å². The smallest absolute Gasteiger partial charge is 0.161 e. The predicted octanol–water partition coefficient (Wildman–Crippen LogP) is 3.17. The summed E-state index contributed by atoms with van der Waals surface area (Å²) in [7, 11) is 7.81. The molecule has 166 valence electrons. The molecule has 0 heterocycles. The maximum Gasteiger partial charge on any atom is 0.161 e. The number of likely N-dealkylation sites (N-methyl/N-ethyl adjacent to an activating group) is 1. The van der Waals surface area contributed by atoms with Crippen LogP contribution in [0.15, 0.2) is 18.2 Å². The van der Waals surface area contributed by atoms with Crippen molar-refractivity contribution in [3.05, 3.63) is 23.8 Å². The number of methoxy groups -OCH3 is 1. The first-order valence-corrected chi connectivity index (χ1v) is 10.9. The van der Waals surface area contributed by atoms with Gasteiger partial charge in [0.1, 0.15) is 0 Å². The van der Waals surface area contributed by atoms with E-state index < -0.39 is 6.10 Å². The van der Waals surface area contributed by atoms with Crippen LogP contribution in [-0.4, -0.2) is 81.7 Å². The molecule has 1 saturated carbocycles. The van der Waals surface area contributed by atoms with Gasteiger partial charge in [0, 0.05) is 19.6 Å². The minimum absolute atomic E-state index is 0.332. The maximum atomic E-state index is 10.3. The zero-order chi connectivity index (χ0) is 21.1. The Hall–Kier alpha value is -1.34. The molecule has 0 aromatic heterocycles. The molecule has 0 unspecified atom stereocenters. The zero-order valence-corrected chi connectivity index (χ0v) is 18.7. The quantitative estimate of drug-likeness (QED) is 0.506. The second-order valence-corrected chi connectivity index (χ2v) is 8.43. The zero-order valence-electron chi connectivity index (χ0n) is 18.7. The second-order valence-electron chi connectivity index (χ2n) is 8.43. The van der Waals surface area contributed by atoms with E-state index in [-0.39, 0.29) is 0 Å².